The standard InChI is InChI=1S/C16H14ClN5S/c17-11-8-6-10(7-9-11)15(23)13-14(16(18)22-20-13)21-19-12-4-2-1-3-5-12/h1-9,15,19,23H,(H2,18,21,22). The van der Waals surface area contributed by atoms with Crippen molar-refractivity contribution in [3.05, 3.63) is 65.2 Å². The molecule has 1 aliphatic rings. The van der Waals surface area contributed by atoms with Crippen LogP contribution in [0.5, 0.6) is 0 Å². The molecule has 0 radical (unpaired) electrons. The summed E-state index contributed by atoms with van der Waals surface area (Å²) in [5.41, 5.74) is 11.7. The van der Waals surface area contributed by atoms with Gasteiger partial charge in [0, 0.05) is 5.02 Å². The SMILES string of the molecule is NC1=NN=C(C(S)c2ccc(Cl)cc2)C1=NNc1ccccc1. The average molecular weight is 344 g/mol. The van der Waals surface area contributed by atoms with E-state index in [-0.39, 0.29) is 11.1 Å². The Kier molecular flexibility index (Phi) is 4.64. The van der Waals surface area contributed by atoms with Crippen molar-refractivity contribution in [1.29, 1.82) is 0 Å². The van der Waals surface area contributed by atoms with E-state index < -0.39 is 0 Å². The number of anilines is 1. The summed E-state index contributed by atoms with van der Waals surface area (Å²) in [6.07, 6.45) is 0. The molecule has 2 aromatic carbocycles. The minimum atomic E-state index is -0.298. The monoisotopic (exact) mass is 343 g/mol. The van der Waals surface area contributed by atoms with Crippen LogP contribution in [0.1, 0.15) is 10.8 Å². The predicted octanol–water partition coefficient (Wildman–Crippen LogP) is 3.51. The van der Waals surface area contributed by atoms with Crippen LogP contribution < -0.4 is 11.2 Å². The number of thiol groups is 1. The first-order valence-electron chi connectivity index (χ1n) is 6.89. The number of nitrogens with zero attached hydrogens (tertiary/aromatic N) is 3. The number of halogens is 1. The lowest BCUT2D eigenvalue weighted by molar-refractivity contribution is 1.21. The summed E-state index contributed by atoms with van der Waals surface area (Å²) in [5.74, 6) is 0.261. The van der Waals surface area contributed by atoms with Gasteiger partial charge in [0.1, 0.15) is 5.71 Å². The van der Waals surface area contributed by atoms with Crippen molar-refractivity contribution < 1.29 is 0 Å². The summed E-state index contributed by atoms with van der Waals surface area (Å²) in [7, 11) is 0. The van der Waals surface area contributed by atoms with Gasteiger partial charge in [0.15, 0.2) is 11.5 Å². The lowest BCUT2D eigenvalue weighted by Crippen LogP contribution is -2.30. The van der Waals surface area contributed by atoms with Gasteiger partial charge in [-0.1, -0.05) is 41.9 Å². The first-order valence-corrected chi connectivity index (χ1v) is 7.78. The van der Waals surface area contributed by atoms with E-state index in [0.717, 1.165) is 11.3 Å². The molecule has 0 saturated heterocycles. The van der Waals surface area contributed by atoms with E-state index in [9.17, 15) is 0 Å². The van der Waals surface area contributed by atoms with E-state index in [2.05, 4.69) is 33.4 Å². The summed E-state index contributed by atoms with van der Waals surface area (Å²) >= 11 is 10.5. The molecule has 2 aromatic rings. The van der Waals surface area contributed by atoms with Crippen LogP contribution in [-0.4, -0.2) is 17.3 Å². The van der Waals surface area contributed by atoms with Crippen molar-refractivity contribution in [2.24, 2.45) is 21.0 Å². The Hall–Kier alpha value is -2.31. The van der Waals surface area contributed by atoms with Gasteiger partial charge in [-0.05, 0) is 29.8 Å². The number of hydrogen-bond donors (Lipinski definition) is 3. The molecule has 7 heteroatoms. The smallest absolute Gasteiger partial charge is 0.175 e. The van der Waals surface area contributed by atoms with Gasteiger partial charge in [0.25, 0.3) is 0 Å². The van der Waals surface area contributed by atoms with Crippen LogP contribution in [0.25, 0.3) is 0 Å². The molecule has 1 heterocycles. The molecule has 0 spiro atoms. The molecule has 1 unspecified atom stereocenters. The maximum Gasteiger partial charge on any atom is 0.175 e. The third-order valence-corrected chi connectivity index (χ3v) is 4.06. The van der Waals surface area contributed by atoms with Gasteiger partial charge in [0.2, 0.25) is 0 Å². The zero-order valence-corrected chi connectivity index (χ0v) is 13.7. The predicted molar refractivity (Wildman–Crippen MR) is 99.7 cm³/mol. The second-order valence-electron chi connectivity index (χ2n) is 4.86. The fourth-order valence-electron chi connectivity index (χ4n) is 2.07. The molecule has 0 saturated carbocycles. The number of benzene rings is 2. The molecule has 0 amide bonds. The lowest BCUT2D eigenvalue weighted by Gasteiger charge is -2.12. The van der Waals surface area contributed by atoms with Crippen LogP contribution in [0.15, 0.2) is 69.9 Å². The normalized spacial score (nSPS) is 16.9. The third kappa shape index (κ3) is 3.55. The van der Waals surface area contributed by atoms with Crippen molar-refractivity contribution in [3.63, 3.8) is 0 Å². The van der Waals surface area contributed by atoms with E-state index >= 15 is 0 Å². The van der Waals surface area contributed by atoms with E-state index in [1.807, 2.05) is 42.5 Å². The van der Waals surface area contributed by atoms with Crippen LogP contribution in [0.4, 0.5) is 5.69 Å². The minimum absolute atomic E-state index is 0.261. The molecule has 0 bridgehead atoms. The molecular weight excluding hydrogens is 330 g/mol. The summed E-state index contributed by atoms with van der Waals surface area (Å²) < 4.78 is 0. The number of hydrazone groups is 1. The highest BCUT2D eigenvalue weighted by Crippen LogP contribution is 2.26. The van der Waals surface area contributed by atoms with E-state index in [0.29, 0.717) is 16.4 Å². The van der Waals surface area contributed by atoms with Crippen LogP contribution in [0.3, 0.4) is 0 Å². The Morgan fingerprint density at radius 3 is 2.43 bits per heavy atom. The maximum atomic E-state index is 5.91. The maximum absolute atomic E-state index is 5.91. The van der Waals surface area contributed by atoms with Crippen molar-refractivity contribution in [3.8, 4) is 0 Å². The molecule has 0 aliphatic carbocycles. The van der Waals surface area contributed by atoms with Gasteiger partial charge < -0.3 is 5.73 Å². The molecule has 5 nitrogen and oxygen atoms in total. The zero-order valence-electron chi connectivity index (χ0n) is 12.0. The van der Waals surface area contributed by atoms with Gasteiger partial charge >= 0.3 is 0 Å². The highest BCUT2D eigenvalue weighted by atomic mass is 35.5. The first kappa shape index (κ1) is 15.6. The van der Waals surface area contributed by atoms with Crippen molar-refractivity contribution in [2.75, 3.05) is 5.43 Å². The van der Waals surface area contributed by atoms with Crippen LogP contribution in [0, 0.1) is 0 Å². The molecule has 116 valence electrons. The number of rotatable bonds is 4. The Bertz CT molecular complexity index is 784. The van der Waals surface area contributed by atoms with E-state index in [1.165, 1.54) is 0 Å². The van der Waals surface area contributed by atoms with Gasteiger partial charge in [-0.2, -0.15) is 17.7 Å². The largest absolute Gasteiger partial charge is 0.380 e. The summed E-state index contributed by atoms with van der Waals surface area (Å²) in [6.45, 7) is 0. The highest BCUT2D eigenvalue weighted by molar-refractivity contribution is 7.81. The highest BCUT2D eigenvalue weighted by Gasteiger charge is 2.26. The Morgan fingerprint density at radius 2 is 1.74 bits per heavy atom. The third-order valence-electron chi connectivity index (χ3n) is 3.27. The lowest BCUT2D eigenvalue weighted by atomic mass is 10.0. The van der Waals surface area contributed by atoms with E-state index in [1.54, 1.807) is 12.1 Å². The van der Waals surface area contributed by atoms with Gasteiger partial charge in [0.05, 0.1) is 10.9 Å². The van der Waals surface area contributed by atoms with Crippen molar-refractivity contribution >= 4 is 47.2 Å². The number of nitrogens with two attached hydrogens (primary N) is 1. The summed E-state index contributed by atoms with van der Waals surface area (Å²) in [6, 6.07) is 17.0. The molecular formula is C16H14ClN5S. The Balaban J connectivity index is 1.83. The number of hydrogen-bond acceptors (Lipinski definition) is 6. The second kappa shape index (κ2) is 6.85. The topological polar surface area (TPSA) is 75.1 Å². The average Bonchev–Trinajstić information content (AvgIpc) is 2.95. The molecule has 3 N–H and O–H groups in total. The van der Waals surface area contributed by atoms with Gasteiger partial charge in [-0.15, -0.1) is 10.2 Å². The second-order valence-corrected chi connectivity index (χ2v) is 5.82. The fraction of sp³-hybridized carbons (Fsp3) is 0.0625. The Morgan fingerprint density at radius 1 is 1.04 bits per heavy atom. The van der Waals surface area contributed by atoms with Crippen LogP contribution >= 0.6 is 24.2 Å². The first-order chi connectivity index (χ1) is 11.1. The number of amidine groups is 1. The van der Waals surface area contributed by atoms with Crippen molar-refractivity contribution in [1.82, 2.24) is 0 Å². The fourth-order valence-corrected chi connectivity index (χ4v) is 2.54. The molecule has 23 heavy (non-hydrogen) atoms. The molecule has 0 fully saturated rings. The Labute approximate surface area is 144 Å². The molecule has 0 aromatic heterocycles. The molecule has 3 rings (SSSR count). The molecule has 1 aliphatic heterocycles. The zero-order chi connectivity index (χ0) is 16.2. The van der Waals surface area contributed by atoms with Gasteiger partial charge in [-0.25, -0.2) is 0 Å². The van der Waals surface area contributed by atoms with Crippen LogP contribution in [0.2, 0.25) is 5.02 Å². The van der Waals surface area contributed by atoms with E-state index in [4.69, 9.17) is 17.3 Å². The quantitative estimate of drug-likeness (QED) is 0.587. The van der Waals surface area contributed by atoms with Gasteiger partial charge in [-0.3, -0.25) is 5.43 Å². The van der Waals surface area contributed by atoms with Crippen LogP contribution in [-0.2, 0) is 0 Å². The summed E-state index contributed by atoms with van der Waals surface area (Å²) in [5, 5.41) is 12.7. The summed E-state index contributed by atoms with van der Waals surface area (Å²) in [4.78, 5) is 0. The number of nitrogens with one attached hydrogen (secondary N) is 1. The van der Waals surface area contributed by atoms with Crippen molar-refractivity contribution in [2.45, 2.75) is 5.25 Å². The number of para-hydroxylation sites is 1. The minimum Gasteiger partial charge on any atom is -0.380 e. The molecule has 1 atom stereocenters.